The van der Waals surface area contributed by atoms with E-state index in [4.69, 9.17) is 4.74 Å². The summed E-state index contributed by atoms with van der Waals surface area (Å²) in [5.41, 5.74) is 0.973. The number of nitrogens with one attached hydrogen (secondary N) is 1. The number of carbonyl (C=O) groups excluding carboxylic acids is 1. The zero-order chi connectivity index (χ0) is 15.8. The topological polar surface area (TPSA) is 61.8 Å². The summed E-state index contributed by atoms with van der Waals surface area (Å²) in [6.45, 7) is 6.50. The summed E-state index contributed by atoms with van der Waals surface area (Å²) >= 11 is 0. The number of carbonyl (C=O) groups is 1. The van der Waals surface area contributed by atoms with Crippen molar-refractivity contribution in [3.63, 3.8) is 0 Å². The van der Waals surface area contributed by atoms with Crippen LogP contribution in [0.4, 0.5) is 4.79 Å². The van der Waals surface area contributed by atoms with Crippen molar-refractivity contribution < 1.29 is 14.6 Å². The number of rotatable bonds is 7. The molecule has 0 spiro atoms. The summed E-state index contributed by atoms with van der Waals surface area (Å²) in [5.74, 6) is 0.797. The molecule has 5 heteroatoms. The van der Waals surface area contributed by atoms with E-state index in [9.17, 15) is 9.90 Å². The zero-order valence-corrected chi connectivity index (χ0v) is 13.3. The van der Waals surface area contributed by atoms with Crippen molar-refractivity contribution in [2.45, 2.75) is 39.3 Å². The Hall–Kier alpha value is -1.75. The summed E-state index contributed by atoms with van der Waals surface area (Å²) in [6.07, 6.45) is 0.217. The molecule has 0 radical (unpaired) electrons. The number of urea groups is 1. The first-order valence-corrected chi connectivity index (χ1v) is 7.40. The molecule has 0 aliphatic heterocycles. The van der Waals surface area contributed by atoms with Crippen LogP contribution in [0.2, 0.25) is 0 Å². The van der Waals surface area contributed by atoms with Crippen LogP contribution >= 0.6 is 0 Å². The van der Waals surface area contributed by atoms with Crippen molar-refractivity contribution in [1.82, 2.24) is 10.2 Å². The largest absolute Gasteiger partial charge is 0.494 e. The van der Waals surface area contributed by atoms with Crippen molar-refractivity contribution in [2.75, 3.05) is 20.2 Å². The van der Waals surface area contributed by atoms with Gasteiger partial charge in [0.15, 0.2) is 0 Å². The maximum Gasteiger partial charge on any atom is 0.317 e. The van der Waals surface area contributed by atoms with Gasteiger partial charge in [-0.15, -0.1) is 0 Å². The van der Waals surface area contributed by atoms with Gasteiger partial charge in [-0.05, 0) is 26.3 Å². The molecule has 2 atom stereocenters. The molecule has 0 saturated heterocycles. The average molecular weight is 294 g/mol. The first-order valence-electron chi connectivity index (χ1n) is 7.40. The van der Waals surface area contributed by atoms with E-state index in [0.29, 0.717) is 13.2 Å². The Morgan fingerprint density at radius 3 is 2.62 bits per heavy atom. The molecule has 118 valence electrons. The van der Waals surface area contributed by atoms with Crippen LogP contribution in [0, 0.1) is 0 Å². The van der Waals surface area contributed by atoms with Crippen LogP contribution in [0.15, 0.2) is 24.3 Å². The van der Waals surface area contributed by atoms with Crippen LogP contribution < -0.4 is 10.1 Å². The van der Waals surface area contributed by atoms with Crippen molar-refractivity contribution >= 4 is 6.03 Å². The number of ether oxygens (including phenoxy) is 1. The molecule has 2 unspecified atom stereocenters. The van der Waals surface area contributed by atoms with Gasteiger partial charge in [-0.25, -0.2) is 4.79 Å². The Bertz CT molecular complexity index is 449. The minimum Gasteiger partial charge on any atom is -0.494 e. The van der Waals surface area contributed by atoms with E-state index >= 15 is 0 Å². The van der Waals surface area contributed by atoms with Gasteiger partial charge in [0.2, 0.25) is 0 Å². The number of para-hydroxylation sites is 1. The maximum absolute atomic E-state index is 12.2. The Labute approximate surface area is 126 Å². The van der Waals surface area contributed by atoms with Crippen molar-refractivity contribution in [3.8, 4) is 5.75 Å². The van der Waals surface area contributed by atoms with Gasteiger partial charge in [-0.2, -0.15) is 0 Å². The molecule has 5 nitrogen and oxygen atoms in total. The molecular weight excluding hydrogens is 268 g/mol. The first kappa shape index (κ1) is 17.3. The van der Waals surface area contributed by atoms with Gasteiger partial charge in [0.25, 0.3) is 0 Å². The van der Waals surface area contributed by atoms with E-state index in [2.05, 4.69) is 5.32 Å². The Morgan fingerprint density at radius 1 is 1.38 bits per heavy atom. The van der Waals surface area contributed by atoms with E-state index in [1.165, 1.54) is 4.90 Å². The number of benzene rings is 1. The Kier molecular flexibility index (Phi) is 7.02. The van der Waals surface area contributed by atoms with Crippen LogP contribution in [0.5, 0.6) is 5.75 Å². The minimum absolute atomic E-state index is 0.114. The van der Waals surface area contributed by atoms with E-state index in [0.717, 1.165) is 17.7 Å². The lowest BCUT2D eigenvalue weighted by Gasteiger charge is -2.25. The van der Waals surface area contributed by atoms with Crippen molar-refractivity contribution in [2.24, 2.45) is 0 Å². The maximum atomic E-state index is 12.2. The fraction of sp³-hybridized carbons (Fsp3) is 0.562. The highest BCUT2D eigenvalue weighted by Gasteiger charge is 2.19. The second-order valence-electron chi connectivity index (χ2n) is 5.11. The average Bonchev–Trinajstić information content (AvgIpc) is 2.45. The molecule has 0 bridgehead atoms. The highest BCUT2D eigenvalue weighted by molar-refractivity contribution is 5.74. The summed E-state index contributed by atoms with van der Waals surface area (Å²) in [6, 6.07) is 7.42. The third kappa shape index (κ3) is 5.27. The number of amides is 2. The van der Waals surface area contributed by atoms with E-state index < -0.39 is 6.10 Å². The molecule has 0 aliphatic rings. The van der Waals surface area contributed by atoms with Gasteiger partial charge in [0.05, 0.1) is 18.8 Å². The van der Waals surface area contributed by atoms with Crippen LogP contribution in [-0.4, -0.2) is 42.3 Å². The molecule has 2 N–H and O–H groups in total. The van der Waals surface area contributed by atoms with Crippen molar-refractivity contribution in [1.29, 1.82) is 0 Å². The number of nitrogens with zero attached hydrogens (tertiary/aromatic N) is 1. The van der Waals surface area contributed by atoms with Gasteiger partial charge in [0, 0.05) is 19.2 Å². The monoisotopic (exact) mass is 294 g/mol. The second-order valence-corrected chi connectivity index (χ2v) is 5.11. The first-order chi connectivity index (χ1) is 9.99. The number of aliphatic hydroxyl groups is 1. The van der Waals surface area contributed by atoms with E-state index in [1.54, 1.807) is 14.0 Å². The highest BCUT2D eigenvalue weighted by Crippen LogP contribution is 2.27. The van der Waals surface area contributed by atoms with E-state index in [-0.39, 0.29) is 12.1 Å². The standard InChI is InChI=1S/C16H26N2O3/c1-5-14(17-16(20)18(4)11-12(3)19)13-9-7-8-10-15(13)21-6-2/h7-10,12,14,19H,5-6,11H2,1-4H3,(H,17,20). The summed E-state index contributed by atoms with van der Waals surface area (Å²) in [5, 5.41) is 12.3. The summed E-state index contributed by atoms with van der Waals surface area (Å²) in [4.78, 5) is 13.6. The molecule has 21 heavy (non-hydrogen) atoms. The van der Waals surface area contributed by atoms with E-state index in [1.807, 2.05) is 38.1 Å². The lowest BCUT2D eigenvalue weighted by molar-refractivity contribution is 0.142. The minimum atomic E-state index is -0.545. The fourth-order valence-electron chi connectivity index (χ4n) is 2.19. The second kappa shape index (κ2) is 8.52. The zero-order valence-electron chi connectivity index (χ0n) is 13.3. The molecule has 2 amide bonds. The van der Waals surface area contributed by atoms with Gasteiger partial charge in [0.1, 0.15) is 5.75 Å². The number of likely N-dealkylation sites (N-methyl/N-ethyl adjacent to an activating group) is 1. The third-order valence-corrected chi connectivity index (χ3v) is 3.19. The quantitative estimate of drug-likeness (QED) is 0.812. The molecule has 1 aromatic carbocycles. The van der Waals surface area contributed by atoms with Gasteiger partial charge >= 0.3 is 6.03 Å². The number of aliphatic hydroxyl groups excluding tert-OH is 1. The Morgan fingerprint density at radius 2 is 2.05 bits per heavy atom. The molecule has 1 rings (SSSR count). The molecule has 0 fully saturated rings. The number of hydrogen-bond donors (Lipinski definition) is 2. The van der Waals surface area contributed by atoms with Gasteiger partial charge in [-0.3, -0.25) is 0 Å². The third-order valence-electron chi connectivity index (χ3n) is 3.19. The summed E-state index contributed by atoms with van der Waals surface area (Å²) in [7, 11) is 1.67. The van der Waals surface area contributed by atoms with Crippen LogP contribution in [-0.2, 0) is 0 Å². The molecule has 1 aromatic rings. The molecule has 0 heterocycles. The molecule has 0 saturated carbocycles. The Balaban J connectivity index is 2.81. The molecule has 0 aliphatic carbocycles. The van der Waals surface area contributed by atoms with Crippen LogP contribution in [0.25, 0.3) is 0 Å². The smallest absolute Gasteiger partial charge is 0.317 e. The SMILES string of the molecule is CCOc1ccccc1C(CC)NC(=O)N(C)CC(C)O. The predicted octanol–water partition coefficient (Wildman–Crippen LogP) is 2.56. The van der Waals surface area contributed by atoms with Crippen molar-refractivity contribution in [3.05, 3.63) is 29.8 Å². The highest BCUT2D eigenvalue weighted by atomic mass is 16.5. The number of hydrogen-bond acceptors (Lipinski definition) is 3. The van der Waals surface area contributed by atoms with Gasteiger partial charge < -0.3 is 20.1 Å². The molecule has 0 aromatic heterocycles. The lowest BCUT2D eigenvalue weighted by atomic mass is 10.0. The summed E-state index contributed by atoms with van der Waals surface area (Å²) < 4.78 is 5.62. The fourth-order valence-corrected chi connectivity index (χ4v) is 2.19. The predicted molar refractivity (Wildman–Crippen MR) is 83.5 cm³/mol. The van der Waals surface area contributed by atoms with Gasteiger partial charge in [-0.1, -0.05) is 25.1 Å². The van der Waals surface area contributed by atoms with Crippen LogP contribution in [0.1, 0.15) is 38.8 Å². The lowest BCUT2D eigenvalue weighted by Crippen LogP contribution is -2.42. The van der Waals surface area contributed by atoms with Crippen LogP contribution in [0.3, 0.4) is 0 Å². The normalized spacial score (nSPS) is 13.4. The molecular formula is C16H26N2O3.